The van der Waals surface area contributed by atoms with Crippen LogP contribution in [-0.2, 0) is 23.8 Å². The molecule has 6 fully saturated rings. The van der Waals surface area contributed by atoms with Gasteiger partial charge in [0.15, 0.2) is 0 Å². The Morgan fingerprint density at radius 1 is 0.837 bits per heavy atom. The number of fused-ring (bicyclic) bond motifs is 7. The van der Waals surface area contributed by atoms with Crippen molar-refractivity contribution in [3.05, 3.63) is 12.2 Å². The van der Waals surface area contributed by atoms with E-state index >= 15 is 0 Å². The van der Waals surface area contributed by atoms with Gasteiger partial charge in [-0.05, 0) is 104 Å². The van der Waals surface area contributed by atoms with Gasteiger partial charge in [-0.3, -0.25) is 9.59 Å². The van der Waals surface area contributed by atoms with Crippen LogP contribution in [0, 0.1) is 56.7 Å². The highest BCUT2D eigenvalue weighted by molar-refractivity contribution is 5.78. The minimum Gasteiger partial charge on any atom is -0.460 e. The lowest BCUT2D eigenvalue weighted by atomic mass is 9.31. The highest BCUT2D eigenvalue weighted by Gasteiger charge is 2.74. The summed E-state index contributed by atoms with van der Waals surface area (Å²) in [7, 11) is 0. The highest BCUT2D eigenvalue weighted by atomic mass is 16.7. The largest absolute Gasteiger partial charge is 0.460 e. The standard InChI is InChI=1S/C38H60O11/c1-18(2)20-11-12-38(33(46)49-32-29(44)28(43)27(42)24(17-39)48-32)14-13-36(7)21(26(20)38)9-10-25-35(6)16-23(47-19(3)40)31(45)34(4,5)30(35)22(41)15-37(25,36)8/h20-32,39,41-45H,1,9-17H2,2-8H3/t20-,21+,22+,23+,24+,25+,26+,27+,28-,29+,30-,31-,32-,35+,36+,37+,38-/m0/s1. The molecule has 0 unspecified atom stereocenters. The Balaban J connectivity index is 1.36. The first-order valence-corrected chi connectivity index (χ1v) is 18.4. The highest BCUT2D eigenvalue weighted by Crippen LogP contribution is 2.77. The molecule has 0 aromatic rings. The zero-order valence-electron chi connectivity index (χ0n) is 30.3. The van der Waals surface area contributed by atoms with Gasteiger partial charge in [-0.2, -0.15) is 0 Å². The maximum absolute atomic E-state index is 14.5. The molecule has 6 aliphatic rings. The first-order valence-electron chi connectivity index (χ1n) is 18.4. The Hall–Kier alpha value is -1.60. The summed E-state index contributed by atoms with van der Waals surface area (Å²) in [5.41, 5.74) is -1.62. The van der Waals surface area contributed by atoms with Crippen LogP contribution in [0.5, 0.6) is 0 Å². The summed E-state index contributed by atoms with van der Waals surface area (Å²) in [6.07, 6.45) is -4.56. The van der Waals surface area contributed by atoms with Crippen LogP contribution in [0.2, 0.25) is 0 Å². The number of hydrogen-bond acceptors (Lipinski definition) is 11. The third kappa shape index (κ3) is 5.14. The molecule has 17 atom stereocenters. The van der Waals surface area contributed by atoms with Gasteiger partial charge < -0.3 is 44.8 Å². The van der Waals surface area contributed by atoms with Crippen molar-refractivity contribution in [1.29, 1.82) is 0 Å². The molecule has 5 saturated carbocycles. The molecule has 6 rings (SSSR count). The quantitative estimate of drug-likeness (QED) is 0.184. The molecule has 1 saturated heterocycles. The first-order chi connectivity index (χ1) is 22.7. The van der Waals surface area contributed by atoms with E-state index in [-0.39, 0.29) is 40.4 Å². The number of ether oxygens (including phenoxy) is 3. The molecule has 6 N–H and O–H groups in total. The number of aliphatic hydroxyl groups is 6. The van der Waals surface area contributed by atoms with E-state index in [1.54, 1.807) is 0 Å². The van der Waals surface area contributed by atoms with E-state index in [2.05, 4.69) is 27.4 Å². The lowest BCUT2D eigenvalue weighted by Crippen LogP contribution is -2.72. The molecule has 1 aliphatic heterocycles. The summed E-state index contributed by atoms with van der Waals surface area (Å²) in [5, 5.41) is 64.7. The predicted molar refractivity (Wildman–Crippen MR) is 177 cm³/mol. The maximum atomic E-state index is 14.5. The van der Waals surface area contributed by atoms with Crippen molar-refractivity contribution in [1.82, 2.24) is 0 Å². The van der Waals surface area contributed by atoms with Gasteiger partial charge in [-0.15, -0.1) is 0 Å². The second kappa shape index (κ2) is 12.2. The van der Waals surface area contributed by atoms with Gasteiger partial charge in [0.1, 0.15) is 30.5 Å². The van der Waals surface area contributed by atoms with Gasteiger partial charge in [0.2, 0.25) is 6.29 Å². The lowest BCUT2D eigenvalue weighted by molar-refractivity contribution is -0.302. The fourth-order valence-corrected chi connectivity index (χ4v) is 13.5. The van der Waals surface area contributed by atoms with Gasteiger partial charge >= 0.3 is 11.9 Å². The average molecular weight is 693 g/mol. The fourth-order valence-electron chi connectivity index (χ4n) is 13.5. The molecule has 5 aliphatic carbocycles. The average Bonchev–Trinajstić information content (AvgIpc) is 3.41. The minimum atomic E-state index is -1.68. The second-order valence-electron chi connectivity index (χ2n) is 18.2. The molecule has 1 heterocycles. The first kappa shape index (κ1) is 37.2. The van der Waals surface area contributed by atoms with Crippen LogP contribution in [0.15, 0.2) is 12.2 Å². The van der Waals surface area contributed by atoms with Crippen LogP contribution in [-0.4, -0.2) is 98.2 Å². The molecule has 11 nitrogen and oxygen atoms in total. The molecule has 0 amide bonds. The number of carbonyl (C=O) groups is 2. The zero-order valence-corrected chi connectivity index (χ0v) is 30.3. The third-order valence-corrected chi connectivity index (χ3v) is 15.7. The summed E-state index contributed by atoms with van der Waals surface area (Å²) in [4.78, 5) is 26.7. The van der Waals surface area contributed by atoms with Gasteiger partial charge in [-0.25, -0.2) is 0 Å². The normalized spacial score (nSPS) is 53.3. The summed E-state index contributed by atoms with van der Waals surface area (Å²) in [6, 6.07) is 0. The summed E-state index contributed by atoms with van der Waals surface area (Å²) >= 11 is 0. The lowest BCUT2D eigenvalue weighted by Gasteiger charge is -2.73. The van der Waals surface area contributed by atoms with E-state index in [1.807, 2.05) is 20.8 Å². The number of rotatable bonds is 5. The van der Waals surface area contributed by atoms with Gasteiger partial charge in [0.25, 0.3) is 0 Å². The summed E-state index contributed by atoms with van der Waals surface area (Å²) in [5.74, 6) is -0.927. The van der Waals surface area contributed by atoms with Crippen molar-refractivity contribution >= 4 is 11.9 Å². The number of hydrogen-bond donors (Lipinski definition) is 6. The Morgan fingerprint density at radius 2 is 1.51 bits per heavy atom. The molecule has 0 spiro atoms. The SMILES string of the molecule is C=C(C)[C@@H]1CC[C@]2(C(=O)O[C@@H]3O[C@H](CO)[C@@H](O)[C@H](O)[C@H]3O)CC[C@]3(C)[C@H](CC[C@@H]4[C@@]5(C)C[C@@H](OC(C)=O)[C@H](O)C(C)(C)[C@@H]5[C@H](O)C[C@]43C)[C@@H]12. The van der Waals surface area contributed by atoms with E-state index in [0.717, 1.165) is 24.8 Å². The second-order valence-corrected chi connectivity index (χ2v) is 18.2. The van der Waals surface area contributed by atoms with Crippen molar-refractivity contribution in [2.24, 2.45) is 56.7 Å². The van der Waals surface area contributed by atoms with E-state index in [9.17, 15) is 40.2 Å². The topological polar surface area (TPSA) is 183 Å². The van der Waals surface area contributed by atoms with Crippen LogP contribution in [0.1, 0.15) is 99.8 Å². The van der Waals surface area contributed by atoms with Gasteiger partial charge in [0, 0.05) is 12.3 Å². The molecular weight excluding hydrogens is 632 g/mol. The van der Waals surface area contributed by atoms with Crippen molar-refractivity contribution in [2.75, 3.05) is 6.61 Å². The Kier molecular flexibility index (Phi) is 9.28. The Bertz CT molecular complexity index is 1330. The van der Waals surface area contributed by atoms with Crippen LogP contribution in [0.3, 0.4) is 0 Å². The molecular formula is C38H60O11. The Morgan fingerprint density at radius 3 is 2.12 bits per heavy atom. The smallest absolute Gasteiger partial charge is 0.314 e. The molecule has 49 heavy (non-hydrogen) atoms. The van der Waals surface area contributed by atoms with Crippen molar-refractivity contribution < 1.29 is 54.4 Å². The molecule has 0 aromatic carbocycles. The molecule has 278 valence electrons. The van der Waals surface area contributed by atoms with Gasteiger partial charge in [0.05, 0.1) is 24.2 Å². The number of carbonyl (C=O) groups excluding carboxylic acids is 2. The number of esters is 2. The molecule has 0 bridgehead atoms. The van der Waals surface area contributed by atoms with E-state index in [0.29, 0.717) is 32.1 Å². The monoisotopic (exact) mass is 692 g/mol. The molecule has 0 radical (unpaired) electrons. The van der Waals surface area contributed by atoms with E-state index < -0.39 is 83.8 Å². The molecule has 0 aromatic heterocycles. The Labute approximate surface area is 290 Å². The van der Waals surface area contributed by atoms with Crippen LogP contribution < -0.4 is 0 Å². The zero-order chi connectivity index (χ0) is 36.2. The van der Waals surface area contributed by atoms with Crippen molar-refractivity contribution in [3.63, 3.8) is 0 Å². The fraction of sp³-hybridized carbons (Fsp3) is 0.895. The predicted octanol–water partition coefficient (Wildman–Crippen LogP) is 2.86. The summed E-state index contributed by atoms with van der Waals surface area (Å²) < 4.78 is 17.3. The number of allylic oxidation sites excluding steroid dienone is 1. The van der Waals surface area contributed by atoms with Crippen molar-refractivity contribution in [3.8, 4) is 0 Å². The third-order valence-electron chi connectivity index (χ3n) is 15.7. The van der Waals surface area contributed by atoms with Crippen molar-refractivity contribution in [2.45, 2.75) is 149 Å². The van der Waals surface area contributed by atoms with Crippen LogP contribution in [0.4, 0.5) is 0 Å². The molecule has 11 heteroatoms. The maximum Gasteiger partial charge on any atom is 0.314 e. The minimum absolute atomic E-state index is 0.0566. The van der Waals surface area contributed by atoms with Crippen LogP contribution >= 0.6 is 0 Å². The van der Waals surface area contributed by atoms with E-state index in [4.69, 9.17) is 14.2 Å². The van der Waals surface area contributed by atoms with E-state index in [1.165, 1.54) is 6.92 Å². The number of aliphatic hydroxyl groups excluding tert-OH is 6. The summed E-state index contributed by atoms with van der Waals surface area (Å²) in [6.45, 7) is 18.0. The van der Waals surface area contributed by atoms with Gasteiger partial charge in [-0.1, -0.05) is 46.8 Å². The van der Waals surface area contributed by atoms with Crippen LogP contribution in [0.25, 0.3) is 0 Å².